The van der Waals surface area contributed by atoms with Gasteiger partial charge in [-0.3, -0.25) is 4.99 Å². The normalized spacial score (nSPS) is 13.1. The number of nitrogens with one attached hydrogen (secondary N) is 2. The number of guanidine groups is 1. The third kappa shape index (κ3) is 7.73. The minimum atomic E-state index is -3.20. The van der Waals surface area contributed by atoms with Crippen molar-refractivity contribution in [3.63, 3.8) is 0 Å². The highest BCUT2D eigenvalue weighted by Crippen LogP contribution is 2.29. The molecule has 0 spiro atoms. The molecule has 0 unspecified atom stereocenters. The van der Waals surface area contributed by atoms with Gasteiger partial charge in [0.25, 0.3) is 0 Å². The van der Waals surface area contributed by atoms with E-state index >= 15 is 0 Å². The SMILES string of the molecule is CN=C(NCCS(=O)(=O)C(C)(C)C)NCC(C)(C)c1ccc(F)cc1Cl.I. The van der Waals surface area contributed by atoms with E-state index < -0.39 is 14.6 Å². The predicted octanol–water partition coefficient (Wildman–Crippen LogP) is 3.75. The van der Waals surface area contributed by atoms with Gasteiger partial charge < -0.3 is 10.6 Å². The number of sulfone groups is 1. The van der Waals surface area contributed by atoms with Crippen molar-refractivity contribution in [2.75, 3.05) is 25.9 Å². The molecule has 0 heterocycles. The molecule has 2 N–H and O–H groups in total. The quantitative estimate of drug-likeness (QED) is 0.332. The summed E-state index contributed by atoms with van der Waals surface area (Å²) in [4.78, 5) is 4.11. The van der Waals surface area contributed by atoms with E-state index in [1.54, 1.807) is 33.9 Å². The molecule has 1 rings (SSSR count). The molecule has 5 nitrogen and oxygen atoms in total. The molecule has 0 aliphatic carbocycles. The fourth-order valence-corrected chi connectivity index (χ4v) is 3.68. The molecule has 1 aromatic carbocycles. The summed E-state index contributed by atoms with van der Waals surface area (Å²) in [6, 6.07) is 4.35. The summed E-state index contributed by atoms with van der Waals surface area (Å²) in [6.45, 7) is 9.77. The van der Waals surface area contributed by atoms with E-state index in [4.69, 9.17) is 11.6 Å². The molecule has 0 amide bonds. The Bertz CT molecular complexity index is 762. The van der Waals surface area contributed by atoms with Crippen LogP contribution in [0.4, 0.5) is 4.39 Å². The monoisotopic (exact) mass is 533 g/mol. The second kappa shape index (κ2) is 10.2. The van der Waals surface area contributed by atoms with Gasteiger partial charge in [0, 0.05) is 30.6 Å². The first kappa shape index (κ1) is 26.4. The van der Waals surface area contributed by atoms with Gasteiger partial charge in [-0.1, -0.05) is 31.5 Å². The molecular formula is C18H30ClFIN3O2S. The molecule has 0 fully saturated rings. The molecule has 1 aromatic rings. The third-order valence-corrected chi connectivity index (χ3v) is 7.10. The van der Waals surface area contributed by atoms with E-state index in [0.29, 0.717) is 17.5 Å². The summed E-state index contributed by atoms with van der Waals surface area (Å²) in [6.07, 6.45) is 0. The Balaban J connectivity index is 0.00000676. The van der Waals surface area contributed by atoms with Gasteiger partial charge >= 0.3 is 0 Å². The number of benzene rings is 1. The van der Waals surface area contributed by atoms with Crippen LogP contribution in [0, 0.1) is 5.82 Å². The maximum absolute atomic E-state index is 13.2. The zero-order valence-corrected chi connectivity index (χ0v) is 20.6. The number of halogens is 3. The van der Waals surface area contributed by atoms with Crippen molar-refractivity contribution < 1.29 is 12.8 Å². The molecule has 0 bridgehead atoms. The highest BCUT2D eigenvalue weighted by Gasteiger charge is 2.28. The first-order valence-corrected chi connectivity index (χ1v) is 10.5. The Morgan fingerprint density at radius 3 is 2.26 bits per heavy atom. The van der Waals surface area contributed by atoms with E-state index in [0.717, 1.165) is 5.56 Å². The van der Waals surface area contributed by atoms with Crippen LogP contribution in [0.25, 0.3) is 0 Å². The lowest BCUT2D eigenvalue weighted by Gasteiger charge is -2.28. The molecule has 9 heteroatoms. The van der Waals surface area contributed by atoms with Crippen LogP contribution in [0.2, 0.25) is 5.02 Å². The zero-order chi connectivity index (χ0) is 20.2. The Hall–Kier alpha value is -0.610. The fraction of sp³-hybridized carbons (Fsp3) is 0.611. The van der Waals surface area contributed by atoms with Gasteiger partial charge in [0.2, 0.25) is 0 Å². The van der Waals surface area contributed by atoms with E-state index in [1.807, 2.05) is 13.8 Å². The lowest BCUT2D eigenvalue weighted by Crippen LogP contribution is -2.45. The van der Waals surface area contributed by atoms with Gasteiger partial charge in [-0.2, -0.15) is 0 Å². The van der Waals surface area contributed by atoms with E-state index in [1.165, 1.54) is 12.1 Å². The number of hydrogen-bond acceptors (Lipinski definition) is 3. The summed E-state index contributed by atoms with van der Waals surface area (Å²) >= 11 is 6.16. The smallest absolute Gasteiger partial charge is 0.191 e. The van der Waals surface area contributed by atoms with Crippen molar-refractivity contribution in [1.29, 1.82) is 0 Å². The second-order valence-electron chi connectivity index (χ2n) is 7.79. The molecule has 0 aliphatic rings. The van der Waals surface area contributed by atoms with Gasteiger partial charge in [-0.15, -0.1) is 24.0 Å². The van der Waals surface area contributed by atoms with Gasteiger partial charge in [0.15, 0.2) is 15.8 Å². The van der Waals surface area contributed by atoms with E-state index in [2.05, 4.69) is 15.6 Å². The van der Waals surface area contributed by atoms with Gasteiger partial charge in [-0.25, -0.2) is 12.8 Å². The molecule has 0 saturated heterocycles. The molecule has 0 aromatic heterocycles. The first-order valence-electron chi connectivity index (χ1n) is 8.42. The van der Waals surface area contributed by atoms with Crippen molar-refractivity contribution in [3.05, 3.63) is 34.6 Å². The molecule has 0 aliphatic heterocycles. The molecular weight excluding hydrogens is 504 g/mol. The molecule has 27 heavy (non-hydrogen) atoms. The average molecular weight is 534 g/mol. The largest absolute Gasteiger partial charge is 0.356 e. The van der Waals surface area contributed by atoms with Crippen LogP contribution in [0.15, 0.2) is 23.2 Å². The number of rotatable bonds is 6. The van der Waals surface area contributed by atoms with Gasteiger partial charge in [0.1, 0.15) is 5.82 Å². The minimum Gasteiger partial charge on any atom is -0.356 e. The van der Waals surface area contributed by atoms with Crippen LogP contribution < -0.4 is 10.6 Å². The topological polar surface area (TPSA) is 70.6 Å². The van der Waals surface area contributed by atoms with Crippen molar-refractivity contribution in [3.8, 4) is 0 Å². The van der Waals surface area contributed by atoms with Crippen molar-refractivity contribution in [2.45, 2.75) is 44.8 Å². The van der Waals surface area contributed by atoms with Gasteiger partial charge in [-0.05, 0) is 38.5 Å². The van der Waals surface area contributed by atoms with Crippen LogP contribution in [-0.2, 0) is 15.3 Å². The van der Waals surface area contributed by atoms with Crippen LogP contribution in [0.1, 0.15) is 40.2 Å². The third-order valence-electron chi connectivity index (χ3n) is 4.18. The van der Waals surface area contributed by atoms with Gasteiger partial charge in [0.05, 0.1) is 10.5 Å². The average Bonchev–Trinajstić information content (AvgIpc) is 2.49. The second-order valence-corrected chi connectivity index (χ2v) is 11.1. The van der Waals surface area contributed by atoms with E-state index in [-0.39, 0.29) is 47.5 Å². The summed E-state index contributed by atoms with van der Waals surface area (Å²) in [5, 5.41) is 6.55. The molecule has 0 saturated carbocycles. The standard InChI is InChI=1S/C18H29ClFN3O2S.HI/c1-17(2,3)26(24,25)10-9-22-16(21-6)23-12-18(4,5)14-8-7-13(20)11-15(14)19;/h7-8,11H,9-10,12H2,1-6H3,(H2,21,22,23);1H. The van der Waals surface area contributed by atoms with Crippen molar-refractivity contribution in [1.82, 2.24) is 10.6 Å². The first-order chi connectivity index (χ1) is 11.8. The van der Waals surface area contributed by atoms with E-state index in [9.17, 15) is 12.8 Å². The Morgan fingerprint density at radius 2 is 1.78 bits per heavy atom. The predicted molar refractivity (Wildman–Crippen MR) is 123 cm³/mol. The van der Waals surface area contributed by atoms with Crippen LogP contribution in [-0.4, -0.2) is 45.0 Å². The fourth-order valence-electron chi connectivity index (χ4n) is 2.27. The van der Waals surface area contributed by atoms with Crippen LogP contribution in [0.5, 0.6) is 0 Å². The maximum Gasteiger partial charge on any atom is 0.191 e. The summed E-state index contributed by atoms with van der Waals surface area (Å²) < 4.78 is 36.7. The Labute approximate surface area is 184 Å². The number of nitrogens with zero attached hydrogens (tertiary/aromatic N) is 1. The lowest BCUT2D eigenvalue weighted by atomic mass is 9.84. The maximum atomic E-state index is 13.2. The highest BCUT2D eigenvalue weighted by atomic mass is 127. The Kier molecular flexibility index (Phi) is 10.0. The molecule has 0 atom stereocenters. The summed E-state index contributed by atoms with van der Waals surface area (Å²) in [5.41, 5.74) is 0.443. The summed E-state index contributed by atoms with van der Waals surface area (Å²) in [5.74, 6) is 0.144. The zero-order valence-electron chi connectivity index (χ0n) is 16.7. The lowest BCUT2D eigenvalue weighted by molar-refractivity contribution is 0.507. The molecule has 156 valence electrons. The van der Waals surface area contributed by atoms with Crippen LogP contribution in [0.3, 0.4) is 0 Å². The Morgan fingerprint density at radius 1 is 1.19 bits per heavy atom. The molecule has 0 radical (unpaired) electrons. The van der Waals surface area contributed by atoms with Crippen molar-refractivity contribution in [2.24, 2.45) is 4.99 Å². The van der Waals surface area contributed by atoms with Crippen LogP contribution >= 0.6 is 35.6 Å². The number of hydrogen-bond donors (Lipinski definition) is 2. The summed E-state index contributed by atoms with van der Waals surface area (Å²) in [7, 11) is -1.58. The van der Waals surface area contributed by atoms with Crippen molar-refractivity contribution >= 4 is 51.4 Å². The minimum absolute atomic E-state index is 0. The highest BCUT2D eigenvalue weighted by molar-refractivity contribution is 14.0. The number of aliphatic imine (C=N–C) groups is 1.